The second-order valence-electron chi connectivity index (χ2n) is 2.43. The summed E-state index contributed by atoms with van der Waals surface area (Å²) in [5, 5.41) is 10.6. The maximum absolute atomic E-state index is 10.2. The summed E-state index contributed by atoms with van der Waals surface area (Å²) >= 11 is 0. The first-order valence-corrected chi connectivity index (χ1v) is 3.57. The molecule has 0 fully saturated rings. The predicted octanol–water partition coefficient (Wildman–Crippen LogP) is 1.64. The van der Waals surface area contributed by atoms with Gasteiger partial charge in [0, 0.05) is 6.54 Å². The minimum atomic E-state index is -1.02. The third kappa shape index (κ3) is 2.27. The Hall–Kier alpha value is -1.51. The summed E-state index contributed by atoms with van der Waals surface area (Å²) in [4.78, 5) is 10.2. The van der Waals surface area contributed by atoms with Crippen molar-refractivity contribution in [3.8, 4) is 0 Å². The molecule has 1 rings (SSSR count). The van der Waals surface area contributed by atoms with Crippen molar-refractivity contribution in [2.45, 2.75) is 6.54 Å². The monoisotopic (exact) mass is 164 g/mol. The van der Waals surface area contributed by atoms with Crippen LogP contribution in [0.1, 0.15) is 11.1 Å². The summed E-state index contributed by atoms with van der Waals surface area (Å²) in [6.45, 7) is 4.08. The molecular weight excluding hydrogens is 154 g/mol. The van der Waals surface area contributed by atoms with Crippen LogP contribution in [0.4, 0.5) is 4.79 Å². The van der Waals surface area contributed by atoms with Crippen molar-refractivity contribution in [2.24, 2.45) is 0 Å². The molecule has 3 nitrogen and oxygen atoms in total. The summed E-state index contributed by atoms with van der Waals surface area (Å²) in [7, 11) is 0. The molecule has 0 heterocycles. The number of hydrogen-bond donors (Lipinski definition) is 2. The lowest BCUT2D eigenvalue weighted by Crippen LogP contribution is -2.20. The van der Waals surface area contributed by atoms with Gasteiger partial charge in [-0.25, -0.2) is 4.79 Å². The van der Waals surface area contributed by atoms with Crippen molar-refractivity contribution in [1.29, 1.82) is 0 Å². The number of amides is 1. The summed E-state index contributed by atoms with van der Waals surface area (Å²) in [5.74, 6) is 0. The molecule has 0 aromatic heterocycles. The van der Waals surface area contributed by atoms with Crippen LogP contribution in [-0.2, 0) is 6.54 Å². The molecule has 3 heteroatoms. The molecule has 0 aliphatic carbocycles. The van der Waals surface area contributed by atoms with Gasteiger partial charge in [0.2, 0.25) is 0 Å². The molecule has 0 aliphatic heterocycles. The van der Waals surface area contributed by atoms with E-state index in [1.165, 1.54) is 0 Å². The third-order valence-corrected chi connectivity index (χ3v) is 1.55. The number of hydrogen-bond acceptors (Lipinski definition) is 1. The molecule has 0 saturated carbocycles. The van der Waals surface area contributed by atoms with Crippen molar-refractivity contribution in [3.63, 3.8) is 0 Å². The van der Waals surface area contributed by atoms with E-state index in [2.05, 4.69) is 12.2 Å². The Balaban J connectivity index is 2.63. The number of carbonyl (C=O) groups is 1. The van der Waals surface area contributed by atoms with Gasteiger partial charge in [-0.1, -0.05) is 24.3 Å². The Bertz CT molecular complexity index is 284. The Morgan fingerprint density at radius 1 is 1.50 bits per heavy atom. The minimum Gasteiger partial charge on any atom is -0.465 e. The van der Waals surface area contributed by atoms with E-state index in [0.717, 1.165) is 11.1 Å². The van der Waals surface area contributed by atoms with Crippen molar-refractivity contribution in [1.82, 2.24) is 5.32 Å². The third-order valence-electron chi connectivity index (χ3n) is 1.55. The molecule has 0 aliphatic rings. The fourth-order valence-electron chi connectivity index (χ4n) is 0.901. The van der Waals surface area contributed by atoms with Crippen LogP contribution in [0.2, 0.25) is 0 Å². The maximum Gasteiger partial charge on any atom is 0.404 e. The van der Waals surface area contributed by atoms with E-state index in [4.69, 9.17) is 5.11 Å². The van der Waals surface area contributed by atoms with Gasteiger partial charge in [0.1, 0.15) is 0 Å². The zero-order valence-electron chi connectivity index (χ0n) is 6.58. The van der Waals surface area contributed by atoms with Crippen molar-refractivity contribution in [3.05, 3.63) is 42.3 Å². The molecule has 0 atom stereocenters. The first-order valence-electron chi connectivity index (χ1n) is 3.57. The van der Waals surface area contributed by atoms with E-state index < -0.39 is 6.09 Å². The molecule has 0 saturated heterocycles. The van der Waals surface area contributed by atoms with Crippen LogP contribution in [0.3, 0.4) is 0 Å². The average molecular weight is 164 g/mol. The van der Waals surface area contributed by atoms with Crippen LogP contribution in [0.25, 0.3) is 0 Å². The van der Waals surface area contributed by atoms with Gasteiger partial charge in [-0.15, -0.1) is 0 Å². The van der Waals surface area contributed by atoms with Crippen molar-refractivity contribution in [2.75, 3.05) is 0 Å². The molecule has 1 aromatic rings. The van der Waals surface area contributed by atoms with E-state index in [1.54, 1.807) is 0 Å². The lowest BCUT2D eigenvalue weighted by molar-refractivity contribution is 0.194. The Morgan fingerprint density at radius 3 is 2.75 bits per heavy atom. The van der Waals surface area contributed by atoms with E-state index in [9.17, 15) is 4.79 Å². The van der Waals surface area contributed by atoms with Crippen LogP contribution in [0.15, 0.2) is 24.3 Å². The maximum atomic E-state index is 10.2. The van der Waals surface area contributed by atoms with E-state index in [1.807, 2.05) is 24.3 Å². The second kappa shape index (κ2) is 3.76. The Kier molecular flexibility index (Phi) is 2.69. The van der Waals surface area contributed by atoms with Crippen LogP contribution in [0.5, 0.6) is 0 Å². The van der Waals surface area contributed by atoms with Crippen LogP contribution in [0, 0.1) is 6.92 Å². The normalized spacial score (nSPS) is 9.42. The second-order valence-corrected chi connectivity index (χ2v) is 2.43. The molecule has 0 spiro atoms. The highest BCUT2D eigenvalue weighted by molar-refractivity contribution is 5.64. The van der Waals surface area contributed by atoms with Gasteiger partial charge in [-0.2, -0.15) is 0 Å². The quantitative estimate of drug-likeness (QED) is 0.698. The Labute approximate surface area is 71.0 Å². The fraction of sp³-hybridized carbons (Fsp3) is 0.111. The first kappa shape index (κ1) is 8.59. The van der Waals surface area contributed by atoms with Gasteiger partial charge in [0.25, 0.3) is 0 Å². The smallest absolute Gasteiger partial charge is 0.404 e. The van der Waals surface area contributed by atoms with E-state index in [-0.39, 0.29) is 0 Å². The van der Waals surface area contributed by atoms with Gasteiger partial charge in [0.05, 0.1) is 0 Å². The largest absolute Gasteiger partial charge is 0.465 e. The van der Waals surface area contributed by atoms with Crippen LogP contribution < -0.4 is 5.32 Å². The predicted molar refractivity (Wildman–Crippen MR) is 45.8 cm³/mol. The van der Waals surface area contributed by atoms with E-state index in [0.29, 0.717) is 6.54 Å². The molecule has 0 bridgehead atoms. The number of rotatable bonds is 2. The van der Waals surface area contributed by atoms with Gasteiger partial charge < -0.3 is 10.4 Å². The summed E-state index contributed by atoms with van der Waals surface area (Å²) < 4.78 is 0. The highest BCUT2D eigenvalue weighted by Gasteiger charge is 1.98. The minimum absolute atomic E-state index is 0.314. The number of nitrogens with one attached hydrogen (secondary N) is 1. The number of carboxylic acid groups (broad SMARTS) is 1. The SMILES string of the molecule is [CH2]c1ccccc1CNC(=O)O. The molecule has 2 N–H and O–H groups in total. The van der Waals surface area contributed by atoms with Gasteiger partial charge >= 0.3 is 6.09 Å². The van der Waals surface area contributed by atoms with Gasteiger partial charge in [0.15, 0.2) is 0 Å². The summed E-state index contributed by atoms with van der Waals surface area (Å²) in [6.07, 6.45) is -1.02. The average Bonchev–Trinajstić information content (AvgIpc) is 2.03. The molecule has 1 amide bonds. The first-order chi connectivity index (χ1) is 5.70. The van der Waals surface area contributed by atoms with Crippen LogP contribution in [-0.4, -0.2) is 11.2 Å². The zero-order valence-corrected chi connectivity index (χ0v) is 6.58. The highest BCUT2D eigenvalue weighted by Crippen LogP contribution is 2.05. The molecule has 63 valence electrons. The molecule has 0 unspecified atom stereocenters. The van der Waals surface area contributed by atoms with Crippen molar-refractivity contribution < 1.29 is 9.90 Å². The van der Waals surface area contributed by atoms with Gasteiger partial charge in [-0.05, 0) is 18.1 Å². The van der Waals surface area contributed by atoms with Crippen LogP contribution >= 0.6 is 0 Å². The lowest BCUT2D eigenvalue weighted by atomic mass is 10.1. The lowest BCUT2D eigenvalue weighted by Gasteiger charge is -2.03. The highest BCUT2D eigenvalue weighted by atomic mass is 16.4. The molecule has 1 aromatic carbocycles. The number of benzene rings is 1. The summed E-state index contributed by atoms with van der Waals surface area (Å²) in [6, 6.07) is 7.41. The van der Waals surface area contributed by atoms with Gasteiger partial charge in [-0.3, -0.25) is 0 Å². The molecular formula is C9H10NO2. The summed E-state index contributed by atoms with van der Waals surface area (Å²) in [5.41, 5.74) is 1.76. The molecule has 12 heavy (non-hydrogen) atoms. The zero-order chi connectivity index (χ0) is 8.97. The molecule has 1 radical (unpaired) electrons. The topological polar surface area (TPSA) is 49.3 Å². The Morgan fingerprint density at radius 2 is 2.17 bits per heavy atom. The standard InChI is InChI=1S/C9H10NO2/c1-7-4-2-3-5-8(7)6-10-9(11)12/h2-5,10H,1,6H2,(H,11,12). The fourth-order valence-corrected chi connectivity index (χ4v) is 0.901. The van der Waals surface area contributed by atoms with E-state index >= 15 is 0 Å². The van der Waals surface area contributed by atoms with Crippen molar-refractivity contribution >= 4 is 6.09 Å².